The second-order valence-corrected chi connectivity index (χ2v) is 5.86. The van der Waals surface area contributed by atoms with Crippen molar-refractivity contribution < 1.29 is 19.4 Å². The molecule has 0 unspecified atom stereocenters. The molecule has 2 aliphatic heterocycles. The fourth-order valence-electron chi connectivity index (χ4n) is 2.68. The van der Waals surface area contributed by atoms with Crippen LogP contribution in [0.2, 0.25) is 0 Å². The van der Waals surface area contributed by atoms with E-state index in [0.717, 1.165) is 25.0 Å². The van der Waals surface area contributed by atoms with Gasteiger partial charge < -0.3 is 19.9 Å². The Morgan fingerprint density at radius 2 is 2.39 bits per heavy atom. The fourth-order valence-corrected chi connectivity index (χ4v) is 2.95. The van der Waals surface area contributed by atoms with E-state index in [0.29, 0.717) is 23.1 Å². The van der Waals surface area contributed by atoms with Crippen molar-refractivity contribution >= 4 is 29.3 Å². The number of nitrogens with zero attached hydrogens (tertiary/aromatic N) is 1. The van der Waals surface area contributed by atoms with E-state index in [1.54, 1.807) is 18.2 Å². The molecule has 0 bridgehead atoms. The highest BCUT2D eigenvalue weighted by Crippen LogP contribution is 2.27. The van der Waals surface area contributed by atoms with E-state index in [2.05, 4.69) is 5.32 Å². The minimum Gasteiger partial charge on any atom is -0.504 e. The monoisotopic (exact) mass is 334 g/mol. The van der Waals surface area contributed by atoms with E-state index in [9.17, 15) is 9.90 Å². The Balaban J connectivity index is 1.78. The SMILES string of the molecule is COc1cc(/C=C2/NC(=S)N(C[C@H]3CCCO3)C2=O)ccc1O. The normalized spacial score (nSPS) is 22.7. The summed E-state index contributed by atoms with van der Waals surface area (Å²) in [5, 5.41) is 12.9. The topological polar surface area (TPSA) is 71.0 Å². The minimum absolute atomic E-state index is 0.0480. The lowest BCUT2D eigenvalue weighted by molar-refractivity contribution is -0.123. The predicted molar refractivity (Wildman–Crippen MR) is 89.1 cm³/mol. The Morgan fingerprint density at radius 1 is 1.57 bits per heavy atom. The summed E-state index contributed by atoms with van der Waals surface area (Å²) in [6, 6.07) is 4.88. The molecule has 0 radical (unpaired) electrons. The van der Waals surface area contributed by atoms with Crippen LogP contribution in [-0.4, -0.2) is 47.4 Å². The van der Waals surface area contributed by atoms with Crippen molar-refractivity contribution in [3.05, 3.63) is 29.5 Å². The van der Waals surface area contributed by atoms with Crippen LogP contribution in [0.5, 0.6) is 11.5 Å². The van der Waals surface area contributed by atoms with Crippen LogP contribution in [0.15, 0.2) is 23.9 Å². The number of methoxy groups -OCH3 is 1. The molecule has 122 valence electrons. The first-order chi connectivity index (χ1) is 11.1. The van der Waals surface area contributed by atoms with Crippen molar-refractivity contribution in [1.82, 2.24) is 10.2 Å². The Bertz CT molecular complexity index is 668. The van der Waals surface area contributed by atoms with E-state index >= 15 is 0 Å². The number of phenolic OH excluding ortho intramolecular Hbond substituents is 1. The molecule has 1 atom stereocenters. The van der Waals surface area contributed by atoms with Crippen LogP contribution < -0.4 is 10.1 Å². The van der Waals surface area contributed by atoms with Gasteiger partial charge in [-0.1, -0.05) is 6.07 Å². The molecule has 3 rings (SSSR count). The third-order valence-electron chi connectivity index (χ3n) is 3.89. The number of amides is 1. The van der Waals surface area contributed by atoms with Crippen LogP contribution in [0.3, 0.4) is 0 Å². The average Bonchev–Trinajstić information content (AvgIpc) is 3.14. The van der Waals surface area contributed by atoms with Crippen molar-refractivity contribution in [3.63, 3.8) is 0 Å². The van der Waals surface area contributed by atoms with E-state index in [-0.39, 0.29) is 17.8 Å². The number of ether oxygens (including phenoxy) is 2. The first-order valence-corrected chi connectivity index (χ1v) is 7.82. The van der Waals surface area contributed by atoms with Crippen LogP contribution in [-0.2, 0) is 9.53 Å². The number of carbonyl (C=O) groups excluding carboxylic acids is 1. The zero-order valence-electron chi connectivity index (χ0n) is 12.7. The van der Waals surface area contributed by atoms with Crippen molar-refractivity contribution in [2.75, 3.05) is 20.3 Å². The smallest absolute Gasteiger partial charge is 0.276 e. The number of benzene rings is 1. The summed E-state index contributed by atoms with van der Waals surface area (Å²) in [4.78, 5) is 14.0. The summed E-state index contributed by atoms with van der Waals surface area (Å²) in [5.41, 5.74) is 1.14. The molecule has 2 heterocycles. The van der Waals surface area contributed by atoms with Gasteiger partial charge in [-0.25, -0.2) is 0 Å². The van der Waals surface area contributed by atoms with Gasteiger partial charge in [0.15, 0.2) is 16.6 Å². The lowest BCUT2D eigenvalue weighted by atomic mass is 10.1. The quantitative estimate of drug-likeness (QED) is 0.644. The second-order valence-electron chi connectivity index (χ2n) is 5.47. The Morgan fingerprint density at radius 3 is 3.09 bits per heavy atom. The molecule has 0 aliphatic carbocycles. The molecule has 1 amide bonds. The van der Waals surface area contributed by atoms with Crippen LogP contribution in [0.25, 0.3) is 6.08 Å². The lowest BCUT2D eigenvalue weighted by Crippen LogP contribution is -2.37. The van der Waals surface area contributed by atoms with Gasteiger partial charge in [-0.2, -0.15) is 0 Å². The van der Waals surface area contributed by atoms with Crippen LogP contribution in [0, 0.1) is 0 Å². The standard InChI is InChI=1S/C16H18N2O4S/c1-21-14-8-10(4-5-13(14)19)7-12-15(20)18(16(23)17-12)9-11-3-2-6-22-11/h4-5,7-8,11,19H,2-3,6,9H2,1H3,(H,17,23)/b12-7+/t11-/m1/s1. The summed E-state index contributed by atoms with van der Waals surface area (Å²) in [5.74, 6) is 0.233. The van der Waals surface area contributed by atoms with Gasteiger partial charge >= 0.3 is 0 Å². The largest absolute Gasteiger partial charge is 0.504 e. The highest BCUT2D eigenvalue weighted by Gasteiger charge is 2.33. The first-order valence-electron chi connectivity index (χ1n) is 7.41. The summed E-state index contributed by atoms with van der Waals surface area (Å²) >= 11 is 5.25. The molecule has 2 saturated heterocycles. The van der Waals surface area contributed by atoms with Gasteiger partial charge in [-0.3, -0.25) is 9.69 Å². The Labute approximate surface area is 139 Å². The first kappa shape index (κ1) is 15.8. The van der Waals surface area contributed by atoms with Crippen molar-refractivity contribution in [2.45, 2.75) is 18.9 Å². The van der Waals surface area contributed by atoms with Gasteiger partial charge in [0.1, 0.15) is 5.70 Å². The second kappa shape index (κ2) is 6.55. The summed E-state index contributed by atoms with van der Waals surface area (Å²) in [7, 11) is 1.48. The van der Waals surface area contributed by atoms with E-state index in [1.807, 2.05) is 0 Å². The number of hydrogen-bond donors (Lipinski definition) is 2. The fraction of sp³-hybridized carbons (Fsp3) is 0.375. The molecule has 7 heteroatoms. The average molecular weight is 334 g/mol. The molecule has 2 N–H and O–H groups in total. The maximum atomic E-state index is 12.5. The van der Waals surface area contributed by atoms with Crippen LogP contribution in [0.4, 0.5) is 0 Å². The Hall–Kier alpha value is -2.12. The molecule has 2 aliphatic rings. The molecule has 1 aromatic rings. The van der Waals surface area contributed by atoms with Crippen molar-refractivity contribution in [2.24, 2.45) is 0 Å². The molecular formula is C16H18N2O4S. The van der Waals surface area contributed by atoms with Gasteiger partial charge in [0.25, 0.3) is 5.91 Å². The van der Waals surface area contributed by atoms with E-state index in [4.69, 9.17) is 21.7 Å². The number of nitrogens with one attached hydrogen (secondary N) is 1. The van der Waals surface area contributed by atoms with Gasteiger partial charge in [-0.05, 0) is 48.8 Å². The van der Waals surface area contributed by atoms with Gasteiger partial charge in [0, 0.05) is 6.61 Å². The third kappa shape index (κ3) is 3.30. The maximum absolute atomic E-state index is 12.5. The molecular weight excluding hydrogens is 316 g/mol. The number of phenols is 1. The highest BCUT2D eigenvalue weighted by atomic mass is 32.1. The van der Waals surface area contributed by atoms with Gasteiger partial charge in [-0.15, -0.1) is 0 Å². The van der Waals surface area contributed by atoms with Crippen LogP contribution >= 0.6 is 12.2 Å². The molecule has 2 fully saturated rings. The highest BCUT2D eigenvalue weighted by molar-refractivity contribution is 7.80. The number of rotatable bonds is 4. The number of aromatic hydroxyl groups is 1. The van der Waals surface area contributed by atoms with Crippen LogP contribution in [0.1, 0.15) is 18.4 Å². The number of thiocarbonyl (C=S) groups is 1. The molecule has 0 aromatic heterocycles. The molecule has 0 spiro atoms. The molecule has 1 aromatic carbocycles. The molecule has 0 saturated carbocycles. The number of hydrogen-bond acceptors (Lipinski definition) is 5. The third-order valence-corrected chi connectivity index (χ3v) is 4.21. The van der Waals surface area contributed by atoms with Crippen molar-refractivity contribution in [1.29, 1.82) is 0 Å². The van der Waals surface area contributed by atoms with E-state index in [1.165, 1.54) is 18.1 Å². The maximum Gasteiger partial charge on any atom is 0.276 e. The van der Waals surface area contributed by atoms with Gasteiger partial charge in [0.2, 0.25) is 0 Å². The van der Waals surface area contributed by atoms with E-state index < -0.39 is 0 Å². The number of carbonyl (C=O) groups is 1. The molecule has 23 heavy (non-hydrogen) atoms. The lowest BCUT2D eigenvalue weighted by Gasteiger charge is -2.18. The summed E-state index contributed by atoms with van der Waals surface area (Å²) in [6.07, 6.45) is 3.70. The zero-order valence-corrected chi connectivity index (χ0v) is 13.6. The Kier molecular flexibility index (Phi) is 4.49. The summed E-state index contributed by atoms with van der Waals surface area (Å²) < 4.78 is 10.6. The van der Waals surface area contributed by atoms with Gasteiger partial charge in [0.05, 0.1) is 19.8 Å². The minimum atomic E-state index is -0.169. The summed E-state index contributed by atoms with van der Waals surface area (Å²) in [6.45, 7) is 1.21. The predicted octanol–water partition coefficient (Wildman–Crippen LogP) is 1.64. The molecule has 6 nitrogen and oxygen atoms in total. The van der Waals surface area contributed by atoms with Crippen molar-refractivity contribution in [3.8, 4) is 11.5 Å². The zero-order chi connectivity index (χ0) is 16.4.